The number of thiophene rings is 1. The summed E-state index contributed by atoms with van der Waals surface area (Å²) >= 11 is 1.45. The molecule has 2 aromatic rings. The summed E-state index contributed by atoms with van der Waals surface area (Å²) in [6.45, 7) is 5.56. The Labute approximate surface area is 163 Å². The number of likely N-dealkylation sites (tertiary alicyclic amines) is 1. The van der Waals surface area contributed by atoms with Crippen molar-refractivity contribution in [3.63, 3.8) is 0 Å². The van der Waals surface area contributed by atoms with Crippen LogP contribution >= 0.6 is 11.3 Å². The van der Waals surface area contributed by atoms with Crippen LogP contribution in [0.4, 0.5) is 0 Å². The molecule has 0 aliphatic carbocycles. The zero-order valence-electron chi connectivity index (χ0n) is 15.5. The molecule has 0 N–H and O–H groups in total. The van der Waals surface area contributed by atoms with Gasteiger partial charge in [-0.2, -0.15) is 0 Å². The minimum Gasteiger partial charge on any atom is -0.378 e. The van der Waals surface area contributed by atoms with Crippen molar-refractivity contribution in [2.45, 2.75) is 12.8 Å². The standard InChI is InChI=1S/C21H24N2O3S/c1-15-4-6-16(7-5-15)17-13-23(21(25)19-3-2-12-27-19)14-18(17)20(24)22-8-10-26-11-9-22/h2-7,12,17-18H,8-11,13-14H2,1H3. The Morgan fingerprint density at radius 3 is 2.44 bits per heavy atom. The highest BCUT2D eigenvalue weighted by molar-refractivity contribution is 7.12. The predicted molar refractivity (Wildman–Crippen MR) is 105 cm³/mol. The van der Waals surface area contributed by atoms with E-state index in [-0.39, 0.29) is 23.7 Å². The van der Waals surface area contributed by atoms with Crippen LogP contribution in [-0.4, -0.2) is 61.0 Å². The second-order valence-corrected chi connectivity index (χ2v) is 8.20. The third-order valence-corrected chi connectivity index (χ3v) is 6.34. The van der Waals surface area contributed by atoms with Crippen LogP contribution in [0.15, 0.2) is 41.8 Å². The minimum atomic E-state index is -0.199. The SMILES string of the molecule is Cc1ccc(C2CN(C(=O)c3cccs3)CC2C(=O)N2CCOCC2)cc1. The van der Waals surface area contributed by atoms with E-state index in [9.17, 15) is 9.59 Å². The molecular weight excluding hydrogens is 360 g/mol. The smallest absolute Gasteiger partial charge is 0.263 e. The summed E-state index contributed by atoms with van der Waals surface area (Å²) in [6, 6.07) is 12.1. The van der Waals surface area contributed by atoms with Crippen LogP contribution in [0.25, 0.3) is 0 Å². The average molecular weight is 385 g/mol. The van der Waals surface area contributed by atoms with Gasteiger partial charge in [-0.3, -0.25) is 9.59 Å². The molecule has 2 atom stereocenters. The number of carbonyl (C=O) groups is 2. The van der Waals surface area contributed by atoms with Crippen molar-refractivity contribution in [1.29, 1.82) is 0 Å². The zero-order chi connectivity index (χ0) is 18.8. The Morgan fingerprint density at radius 1 is 1.04 bits per heavy atom. The zero-order valence-corrected chi connectivity index (χ0v) is 16.3. The third kappa shape index (κ3) is 3.77. The summed E-state index contributed by atoms with van der Waals surface area (Å²) in [4.78, 5) is 30.6. The topological polar surface area (TPSA) is 49.9 Å². The summed E-state index contributed by atoms with van der Waals surface area (Å²) in [6.07, 6.45) is 0. The first-order valence-corrected chi connectivity index (χ1v) is 10.3. The van der Waals surface area contributed by atoms with E-state index in [0.717, 1.165) is 10.4 Å². The fourth-order valence-corrected chi connectivity index (χ4v) is 4.64. The van der Waals surface area contributed by atoms with Crippen molar-refractivity contribution in [1.82, 2.24) is 9.80 Å². The number of morpholine rings is 1. The largest absolute Gasteiger partial charge is 0.378 e. The lowest BCUT2D eigenvalue weighted by atomic mass is 9.87. The molecule has 2 aliphatic heterocycles. The molecule has 2 fully saturated rings. The molecule has 0 bridgehead atoms. The van der Waals surface area contributed by atoms with Gasteiger partial charge in [0.15, 0.2) is 0 Å². The number of carbonyl (C=O) groups excluding carboxylic acids is 2. The lowest BCUT2D eigenvalue weighted by molar-refractivity contribution is -0.139. The van der Waals surface area contributed by atoms with E-state index in [1.165, 1.54) is 16.9 Å². The first-order valence-electron chi connectivity index (χ1n) is 9.39. The van der Waals surface area contributed by atoms with Crippen molar-refractivity contribution in [2.24, 2.45) is 5.92 Å². The Hall–Kier alpha value is -2.18. The molecule has 2 saturated heterocycles. The second kappa shape index (κ2) is 7.82. The molecule has 142 valence electrons. The average Bonchev–Trinajstić information content (AvgIpc) is 3.38. The molecule has 2 amide bonds. The molecule has 3 heterocycles. The first-order chi connectivity index (χ1) is 13.1. The summed E-state index contributed by atoms with van der Waals surface area (Å²) < 4.78 is 5.39. The second-order valence-electron chi connectivity index (χ2n) is 7.25. The van der Waals surface area contributed by atoms with Gasteiger partial charge in [-0.25, -0.2) is 0 Å². The molecule has 1 aromatic carbocycles. The van der Waals surface area contributed by atoms with Gasteiger partial charge in [0, 0.05) is 32.1 Å². The van der Waals surface area contributed by atoms with E-state index < -0.39 is 0 Å². The molecule has 6 heteroatoms. The fraction of sp³-hybridized carbons (Fsp3) is 0.429. The monoisotopic (exact) mass is 384 g/mol. The van der Waals surface area contributed by atoms with Gasteiger partial charge in [0.05, 0.1) is 24.0 Å². The maximum Gasteiger partial charge on any atom is 0.263 e. The van der Waals surface area contributed by atoms with E-state index in [1.54, 1.807) is 0 Å². The van der Waals surface area contributed by atoms with Crippen molar-refractivity contribution >= 4 is 23.2 Å². The Bertz CT molecular complexity index is 797. The first kappa shape index (κ1) is 18.2. The van der Waals surface area contributed by atoms with Crippen LogP contribution in [0.1, 0.15) is 26.7 Å². The van der Waals surface area contributed by atoms with Gasteiger partial charge in [0.1, 0.15) is 0 Å². The van der Waals surface area contributed by atoms with Crippen LogP contribution in [0.3, 0.4) is 0 Å². The maximum atomic E-state index is 13.2. The van der Waals surface area contributed by atoms with Crippen LogP contribution in [-0.2, 0) is 9.53 Å². The highest BCUT2D eigenvalue weighted by Gasteiger charge is 2.42. The number of rotatable bonds is 3. The van der Waals surface area contributed by atoms with Crippen LogP contribution in [0, 0.1) is 12.8 Å². The minimum absolute atomic E-state index is 0.0272. The lowest BCUT2D eigenvalue weighted by Gasteiger charge is -2.30. The van der Waals surface area contributed by atoms with Gasteiger partial charge in [-0.1, -0.05) is 35.9 Å². The maximum absolute atomic E-state index is 13.2. The number of hydrogen-bond acceptors (Lipinski definition) is 4. The van der Waals surface area contributed by atoms with Gasteiger partial charge >= 0.3 is 0 Å². The highest BCUT2D eigenvalue weighted by Crippen LogP contribution is 2.35. The van der Waals surface area contributed by atoms with Crippen LogP contribution in [0.2, 0.25) is 0 Å². The summed E-state index contributed by atoms with van der Waals surface area (Å²) in [5.41, 5.74) is 2.33. The summed E-state index contributed by atoms with van der Waals surface area (Å²) in [5.74, 6) is 0.00400. The number of nitrogens with zero attached hydrogens (tertiary/aromatic N) is 2. The molecule has 1 aromatic heterocycles. The van der Waals surface area contributed by atoms with E-state index in [0.29, 0.717) is 39.4 Å². The summed E-state index contributed by atoms with van der Waals surface area (Å²) in [5, 5.41) is 1.91. The molecule has 5 nitrogen and oxygen atoms in total. The number of hydrogen-bond donors (Lipinski definition) is 0. The molecule has 2 unspecified atom stereocenters. The Kier molecular flexibility index (Phi) is 5.27. The van der Waals surface area contributed by atoms with Crippen molar-refractivity contribution in [2.75, 3.05) is 39.4 Å². The van der Waals surface area contributed by atoms with Gasteiger partial charge in [0.2, 0.25) is 5.91 Å². The van der Waals surface area contributed by atoms with Crippen molar-refractivity contribution < 1.29 is 14.3 Å². The number of amides is 2. The van der Waals surface area contributed by atoms with E-state index in [2.05, 4.69) is 31.2 Å². The quantitative estimate of drug-likeness (QED) is 0.818. The molecule has 27 heavy (non-hydrogen) atoms. The van der Waals surface area contributed by atoms with Crippen LogP contribution in [0.5, 0.6) is 0 Å². The molecule has 2 aliphatic rings. The van der Waals surface area contributed by atoms with E-state index >= 15 is 0 Å². The molecular formula is C21H24N2O3S. The number of aryl methyl sites for hydroxylation is 1. The third-order valence-electron chi connectivity index (χ3n) is 5.48. The Balaban J connectivity index is 1.59. The number of ether oxygens (including phenoxy) is 1. The van der Waals surface area contributed by atoms with Gasteiger partial charge < -0.3 is 14.5 Å². The molecule has 0 spiro atoms. The fourth-order valence-electron chi connectivity index (χ4n) is 3.95. The molecule has 0 radical (unpaired) electrons. The van der Waals surface area contributed by atoms with E-state index in [4.69, 9.17) is 4.74 Å². The Morgan fingerprint density at radius 2 is 1.78 bits per heavy atom. The molecule has 4 rings (SSSR count). The van der Waals surface area contributed by atoms with Gasteiger partial charge in [0.25, 0.3) is 5.91 Å². The predicted octanol–water partition coefficient (Wildman–Crippen LogP) is 2.77. The molecule has 0 saturated carbocycles. The highest BCUT2D eigenvalue weighted by atomic mass is 32.1. The summed E-state index contributed by atoms with van der Waals surface area (Å²) in [7, 11) is 0. The van der Waals surface area contributed by atoms with Crippen molar-refractivity contribution in [3.05, 3.63) is 57.8 Å². The van der Waals surface area contributed by atoms with Crippen LogP contribution < -0.4 is 0 Å². The normalized spacial score (nSPS) is 22.9. The van der Waals surface area contributed by atoms with Crippen molar-refractivity contribution in [3.8, 4) is 0 Å². The van der Waals surface area contributed by atoms with E-state index in [1.807, 2.05) is 27.3 Å². The van der Waals surface area contributed by atoms with Gasteiger partial charge in [-0.15, -0.1) is 11.3 Å². The van der Waals surface area contributed by atoms with Gasteiger partial charge in [-0.05, 0) is 23.9 Å². The number of benzene rings is 1. The lowest BCUT2D eigenvalue weighted by Crippen LogP contribution is -2.45.